The minimum absolute atomic E-state index is 0.199. The van der Waals surface area contributed by atoms with E-state index in [1.807, 2.05) is 11.9 Å². The predicted molar refractivity (Wildman–Crippen MR) is 69.0 cm³/mol. The average molecular weight is 253 g/mol. The number of aliphatic hydroxyl groups is 2. The van der Waals surface area contributed by atoms with Crippen LogP contribution < -0.4 is 4.90 Å². The third kappa shape index (κ3) is 2.82. The number of rotatable bonds is 4. The van der Waals surface area contributed by atoms with E-state index < -0.39 is 5.60 Å². The maximum Gasteiger partial charge on any atom is 0.123 e. The molecule has 0 unspecified atom stereocenters. The topological polar surface area (TPSA) is 43.7 Å². The third-order valence-electron chi connectivity index (χ3n) is 3.69. The highest BCUT2D eigenvalue weighted by Crippen LogP contribution is 2.32. The summed E-state index contributed by atoms with van der Waals surface area (Å²) < 4.78 is 13.1. The third-order valence-corrected chi connectivity index (χ3v) is 3.69. The number of likely N-dealkylation sites (N-methyl/N-ethyl adjacent to an activating group) is 1. The van der Waals surface area contributed by atoms with E-state index >= 15 is 0 Å². The first-order valence-corrected chi connectivity index (χ1v) is 6.37. The Morgan fingerprint density at radius 2 is 2.00 bits per heavy atom. The summed E-state index contributed by atoms with van der Waals surface area (Å²) in [7, 11) is 1.86. The predicted octanol–water partition coefficient (Wildman–Crippen LogP) is 2.06. The first-order valence-electron chi connectivity index (χ1n) is 6.37. The van der Waals surface area contributed by atoms with E-state index in [0.717, 1.165) is 31.4 Å². The summed E-state index contributed by atoms with van der Waals surface area (Å²) in [6, 6.07) is 4.37. The van der Waals surface area contributed by atoms with Crippen molar-refractivity contribution in [3.05, 3.63) is 29.6 Å². The molecule has 3 nitrogen and oxygen atoms in total. The molecule has 1 aromatic carbocycles. The van der Waals surface area contributed by atoms with Crippen molar-refractivity contribution in [2.24, 2.45) is 0 Å². The van der Waals surface area contributed by atoms with E-state index in [9.17, 15) is 14.6 Å². The maximum atomic E-state index is 13.1. The van der Waals surface area contributed by atoms with Crippen LogP contribution in [0.25, 0.3) is 0 Å². The number of aliphatic hydroxyl groups excluding tert-OH is 1. The van der Waals surface area contributed by atoms with Crippen LogP contribution in [-0.2, 0) is 6.61 Å². The number of nitrogens with zero attached hydrogens (tertiary/aromatic N) is 1. The number of anilines is 1. The van der Waals surface area contributed by atoms with Crippen molar-refractivity contribution in [2.75, 3.05) is 18.5 Å². The van der Waals surface area contributed by atoms with E-state index in [1.165, 1.54) is 12.1 Å². The molecule has 1 aliphatic rings. The van der Waals surface area contributed by atoms with Gasteiger partial charge in [0.1, 0.15) is 5.82 Å². The fraction of sp³-hybridized carbons (Fsp3) is 0.571. The lowest BCUT2D eigenvalue weighted by molar-refractivity contribution is 0.0558. The number of hydrogen-bond donors (Lipinski definition) is 2. The molecule has 0 aliphatic heterocycles. The summed E-state index contributed by atoms with van der Waals surface area (Å²) in [4.78, 5) is 1.90. The molecule has 1 fully saturated rings. The van der Waals surface area contributed by atoms with Gasteiger partial charge in [-0.05, 0) is 31.0 Å². The lowest BCUT2D eigenvalue weighted by atomic mass is 10.0. The maximum absolute atomic E-state index is 13.1. The van der Waals surface area contributed by atoms with Crippen molar-refractivity contribution in [3.8, 4) is 0 Å². The highest BCUT2D eigenvalue weighted by molar-refractivity contribution is 5.53. The quantitative estimate of drug-likeness (QED) is 0.863. The van der Waals surface area contributed by atoms with Crippen LogP contribution in [0.1, 0.15) is 31.2 Å². The van der Waals surface area contributed by atoms with Crippen LogP contribution >= 0.6 is 0 Å². The minimum Gasteiger partial charge on any atom is -0.392 e. The Bertz CT molecular complexity index is 416. The minimum atomic E-state index is -0.643. The fourth-order valence-electron chi connectivity index (χ4n) is 2.77. The van der Waals surface area contributed by atoms with Crippen molar-refractivity contribution < 1.29 is 14.6 Å². The molecule has 1 saturated carbocycles. The molecule has 0 aromatic heterocycles. The molecular weight excluding hydrogens is 233 g/mol. The van der Waals surface area contributed by atoms with Crippen molar-refractivity contribution in [1.82, 2.24) is 0 Å². The normalized spacial score (nSPS) is 18.0. The Morgan fingerprint density at radius 3 is 2.61 bits per heavy atom. The van der Waals surface area contributed by atoms with E-state index in [4.69, 9.17) is 0 Å². The fourth-order valence-corrected chi connectivity index (χ4v) is 2.77. The van der Waals surface area contributed by atoms with Crippen LogP contribution in [0.4, 0.5) is 10.1 Å². The molecule has 18 heavy (non-hydrogen) atoms. The first kappa shape index (κ1) is 13.3. The molecule has 2 rings (SSSR count). The van der Waals surface area contributed by atoms with Gasteiger partial charge in [-0.2, -0.15) is 0 Å². The van der Waals surface area contributed by atoms with Crippen LogP contribution in [0.2, 0.25) is 0 Å². The van der Waals surface area contributed by atoms with Crippen LogP contribution in [0.5, 0.6) is 0 Å². The summed E-state index contributed by atoms with van der Waals surface area (Å²) in [6.07, 6.45) is 3.74. The summed E-state index contributed by atoms with van der Waals surface area (Å²) in [5.74, 6) is -0.351. The number of halogens is 1. The van der Waals surface area contributed by atoms with Crippen LogP contribution in [0, 0.1) is 5.82 Å². The zero-order valence-electron chi connectivity index (χ0n) is 10.7. The molecule has 0 saturated heterocycles. The SMILES string of the molecule is CN(CC1(O)CCCC1)c1ccc(F)cc1CO. The molecule has 0 amide bonds. The number of hydrogen-bond acceptors (Lipinski definition) is 3. The molecular formula is C14H20FNO2. The second-order valence-electron chi connectivity index (χ2n) is 5.22. The molecule has 0 radical (unpaired) electrons. The molecule has 4 heteroatoms. The summed E-state index contributed by atoms with van der Waals surface area (Å²) >= 11 is 0. The van der Waals surface area contributed by atoms with Gasteiger partial charge in [0.05, 0.1) is 12.2 Å². The van der Waals surface area contributed by atoms with Gasteiger partial charge >= 0.3 is 0 Å². The molecule has 1 aromatic rings. The molecule has 0 atom stereocenters. The van der Waals surface area contributed by atoms with Crippen LogP contribution in [0.3, 0.4) is 0 Å². The molecule has 100 valence electrons. The summed E-state index contributed by atoms with van der Waals surface area (Å²) in [5.41, 5.74) is 0.689. The second-order valence-corrected chi connectivity index (χ2v) is 5.22. The first-order chi connectivity index (χ1) is 8.54. The monoisotopic (exact) mass is 253 g/mol. The Morgan fingerprint density at radius 1 is 1.33 bits per heavy atom. The summed E-state index contributed by atoms with van der Waals surface area (Å²) in [6.45, 7) is 0.321. The largest absolute Gasteiger partial charge is 0.392 e. The van der Waals surface area contributed by atoms with Crippen LogP contribution in [0.15, 0.2) is 18.2 Å². The Kier molecular flexibility index (Phi) is 3.88. The van der Waals surface area contributed by atoms with Crippen molar-refractivity contribution in [2.45, 2.75) is 37.9 Å². The highest BCUT2D eigenvalue weighted by Gasteiger charge is 2.32. The molecule has 0 spiro atoms. The number of benzene rings is 1. The van der Waals surface area contributed by atoms with Gasteiger partial charge in [0, 0.05) is 24.8 Å². The van der Waals surface area contributed by atoms with E-state index in [0.29, 0.717) is 12.1 Å². The Hall–Kier alpha value is -1.13. The van der Waals surface area contributed by atoms with E-state index in [2.05, 4.69) is 0 Å². The van der Waals surface area contributed by atoms with Gasteiger partial charge in [0.15, 0.2) is 0 Å². The van der Waals surface area contributed by atoms with Gasteiger partial charge in [-0.15, -0.1) is 0 Å². The van der Waals surface area contributed by atoms with Gasteiger partial charge < -0.3 is 15.1 Å². The molecule has 0 heterocycles. The van der Waals surface area contributed by atoms with Gasteiger partial charge in [-0.1, -0.05) is 12.8 Å². The Labute approximate surface area is 107 Å². The molecule has 0 bridgehead atoms. The summed E-state index contributed by atoms with van der Waals surface area (Å²) in [5, 5.41) is 19.6. The lowest BCUT2D eigenvalue weighted by Gasteiger charge is -2.31. The van der Waals surface area contributed by atoms with Gasteiger partial charge in [-0.25, -0.2) is 4.39 Å². The van der Waals surface area contributed by atoms with E-state index in [-0.39, 0.29) is 12.4 Å². The van der Waals surface area contributed by atoms with E-state index in [1.54, 1.807) is 6.07 Å². The zero-order valence-corrected chi connectivity index (χ0v) is 10.7. The molecule has 1 aliphatic carbocycles. The smallest absolute Gasteiger partial charge is 0.123 e. The zero-order chi connectivity index (χ0) is 13.2. The van der Waals surface area contributed by atoms with Crippen molar-refractivity contribution in [3.63, 3.8) is 0 Å². The second kappa shape index (κ2) is 5.24. The molecule has 2 N–H and O–H groups in total. The van der Waals surface area contributed by atoms with Crippen molar-refractivity contribution >= 4 is 5.69 Å². The van der Waals surface area contributed by atoms with Gasteiger partial charge in [0.2, 0.25) is 0 Å². The van der Waals surface area contributed by atoms with Gasteiger partial charge in [-0.3, -0.25) is 0 Å². The van der Waals surface area contributed by atoms with Crippen LogP contribution in [-0.4, -0.2) is 29.4 Å². The Balaban J connectivity index is 2.15. The average Bonchev–Trinajstić information content (AvgIpc) is 2.75. The van der Waals surface area contributed by atoms with Crippen molar-refractivity contribution in [1.29, 1.82) is 0 Å². The highest BCUT2D eigenvalue weighted by atomic mass is 19.1. The lowest BCUT2D eigenvalue weighted by Crippen LogP contribution is -2.39. The standard InChI is InChI=1S/C14H20FNO2/c1-16(10-14(18)6-2-3-7-14)13-5-4-12(15)8-11(13)9-17/h4-5,8,17-18H,2-3,6-7,9-10H2,1H3. The van der Waals surface area contributed by atoms with Gasteiger partial charge in [0.25, 0.3) is 0 Å².